The van der Waals surface area contributed by atoms with Crippen LogP contribution in [0.5, 0.6) is 0 Å². The van der Waals surface area contributed by atoms with E-state index in [0.29, 0.717) is 22.9 Å². The van der Waals surface area contributed by atoms with E-state index < -0.39 is 0 Å². The van der Waals surface area contributed by atoms with Crippen LogP contribution in [0.25, 0.3) is 10.8 Å². The summed E-state index contributed by atoms with van der Waals surface area (Å²) in [5.74, 6) is 1.88. The monoisotopic (exact) mass is 419 g/mol. The molecule has 2 aliphatic rings. The molecule has 2 aromatic rings. The topological polar surface area (TPSA) is 59.2 Å². The Balaban J connectivity index is 1.36. The molecule has 1 fully saturated rings. The lowest BCUT2D eigenvalue weighted by Gasteiger charge is -2.33. The molecular formula is C21H29N3O2S2. The summed E-state index contributed by atoms with van der Waals surface area (Å²) in [7, 11) is 0. The first kappa shape index (κ1) is 20.0. The second-order valence-corrected chi connectivity index (χ2v) is 10.1. The van der Waals surface area contributed by atoms with Crippen LogP contribution in [-0.4, -0.2) is 39.3 Å². The second kappa shape index (κ2) is 8.99. The molecule has 0 radical (unpaired) electrons. The number of aryl methyl sites for hydroxylation is 1. The molecule has 1 amide bonds. The lowest BCUT2D eigenvalue weighted by atomic mass is 9.90. The van der Waals surface area contributed by atoms with Gasteiger partial charge in [-0.25, -0.2) is 0 Å². The molecule has 152 valence electrons. The number of carbonyl (C=O) groups excluding carboxylic acids is 1. The van der Waals surface area contributed by atoms with Gasteiger partial charge in [0.1, 0.15) is 0 Å². The minimum absolute atomic E-state index is 0.180. The molecule has 0 bridgehead atoms. The molecule has 0 aliphatic heterocycles. The molecule has 1 saturated carbocycles. The average molecular weight is 420 g/mol. The zero-order chi connectivity index (χ0) is 19.5. The van der Waals surface area contributed by atoms with Crippen molar-refractivity contribution in [3.05, 3.63) is 16.5 Å². The largest absolute Gasteiger partial charge is 0.410 e. The van der Waals surface area contributed by atoms with Crippen LogP contribution < -0.4 is 0 Å². The Morgan fingerprint density at radius 3 is 2.89 bits per heavy atom. The van der Waals surface area contributed by atoms with Crippen molar-refractivity contribution in [2.24, 2.45) is 5.92 Å². The first-order chi connectivity index (χ1) is 13.6. The average Bonchev–Trinajstić information content (AvgIpc) is 3.34. The number of fused-ring (bicyclic) bond motifs is 1. The lowest BCUT2D eigenvalue weighted by molar-refractivity contribution is -0.131. The summed E-state index contributed by atoms with van der Waals surface area (Å²) < 4.78 is 5.86. The number of thiophene rings is 1. The van der Waals surface area contributed by atoms with E-state index in [0.717, 1.165) is 43.0 Å². The molecule has 1 atom stereocenters. The normalized spacial score (nSPS) is 20.1. The summed E-state index contributed by atoms with van der Waals surface area (Å²) in [4.78, 5) is 17.3. The van der Waals surface area contributed by atoms with Crippen molar-refractivity contribution < 1.29 is 9.21 Å². The minimum Gasteiger partial charge on any atom is -0.410 e. The van der Waals surface area contributed by atoms with Crippen LogP contribution in [0, 0.1) is 5.92 Å². The highest BCUT2D eigenvalue weighted by molar-refractivity contribution is 7.99. The summed E-state index contributed by atoms with van der Waals surface area (Å²) in [5.41, 5.74) is 1.44. The molecule has 7 heteroatoms. The third kappa shape index (κ3) is 4.46. The molecule has 0 aromatic carbocycles. The van der Waals surface area contributed by atoms with E-state index in [1.165, 1.54) is 47.9 Å². The Morgan fingerprint density at radius 1 is 1.29 bits per heavy atom. The predicted molar refractivity (Wildman–Crippen MR) is 114 cm³/mol. The minimum atomic E-state index is 0.180. The Hall–Kier alpha value is -1.34. The SMILES string of the molecule is CCN(C(=O)CSc1nnc(-c2cc3c(s2)CC[C@@H](C)C3)o1)C1CCCCC1. The molecule has 28 heavy (non-hydrogen) atoms. The number of hydrogen-bond acceptors (Lipinski definition) is 6. The van der Waals surface area contributed by atoms with Gasteiger partial charge in [0, 0.05) is 17.5 Å². The van der Waals surface area contributed by atoms with Crippen LogP contribution >= 0.6 is 23.1 Å². The van der Waals surface area contributed by atoms with Gasteiger partial charge in [-0.2, -0.15) is 0 Å². The van der Waals surface area contributed by atoms with Gasteiger partial charge in [0.15, 0.2) is 0 Å². The Bertz CT molecular complexity index is 810. The van der Waals surface area contributed by atoms with E-state index in [4.69, 9.17) is 4.42 Å². The van der Waals surface area contributed by atoms with E-state index in [-0.39, 0.29) is 5.91 Å². The van der Waals surface area contributed by atoms with Gasteiger partial charge in [0.05, 0.1) is 10.6 Å². The van der Waals surface area contributed by atoms with Crippen LogP contribution in [-0.2, 0) is 17.6 Å². The highest BCUT2D eigenvalue weighted by atomic mass is 32.2. The van der Waals surface area contributed by atoms with Crippen molar-refractivity contribution in [3.63, 3.8) is 0 Å². The number of carbonyl (C=O) groups is 1. The maximum absolute atomic E-state index is 12.7. The number of rotatable bonds is 6. The fraction of sp³-hybridized carbons (Fsp3) is 0.667. The third-order valence-corrected chi connectivity index (χ3v) is 7.97. The maximum Gasteiger partial charge on any atom is 0.277 e. The van der Waals surface area contributed by atoms with Crippen LogP contribution in [0.3, 0.4) is 0 Å². The second-order valence-electron chi connectivity index (χ2n) is 8.04. The first-order valence-corrected chi connectivity index (χ1v) is 12.3. The number of aromatic nitrogens is 2. The van der Waals surface area contributed by atoms with Crippen molar-refractivity contribution in [1.82, 2.24) is 15.1 Å². The van der Waals surface area contributed by atoms with Gasteiger partial charge in [0.25, 0.3) is 11.1 Å². The zero-order valence-electron chi connectivity index (χ0n) is 16.8. The highest BCUT2D eigenvalue weighted by Gasteiger charge is 2.25. The van der Waals surface area contributed by atoms with E-state index in [9.17, 15) is 4.79 Å². The molecule has 2 aromatic heterocycles. The quantitative estimate of drug-likeness (QED) is 0.603. The molecule has 0 saturated heterocycles. The summed E-state index contributed by atoms with van der Waals surface area (Å²) >= 11 is 3.13. The molecule has 0 spiro atoms. The number of nitrogens with zero attached hydrogens (tertiary/aromatic N) is 3. The molecule has 0 N–H and O–H groups in total. The third-order valence-electron chi connectivity index (χ3n) is 5.94. The summed E-state index contributed by atoms with van der Waals surface area (Å²) in [6.07, 6.45) is 9.59. The van der Waals surface area contributed by atoms with Gasteiger partial charge in [0.2, 0.25) is 5.91 Å². The Kier molecular flexibility index (Phi) is 6.41. The molecular weight excluding hydrogens is 390 g/mol. The van der Waals surface area contributed by atoms with Gasteiger partial charge in [-0.1, -0.05) is 37.9 Å². The summed E-state index contributed by atoms with van der Waals surface area (Å²) in [5, 5.41) is 8.88. The van der Waals surface area contributed by atoms with E-state index in [1.807, 2.05) is 4.90 Å². The van der Waals surface area contributed by atoms with Gasteiger partial charge in [-0.05, 0) is 56.6 Å². The number of hydrogen-bond donors (Lipinski definition) is 0. The number of thioether (sulfide) groups is 1. The first-order valence-electron chi connectivity index (χ1n) is 10.5. The van der Waals surface area contributed by atoms with Crippen molar-refractivity contribution in [2.45, 2.75) is 76.5 Å². The predicted octanol–water partition coefficient (Wildman–Crippen LogP) is 5.20. The molecule has 5 nitrogen and oxygen atoms in total. The Morgan fingerprint density at radius 2 is 2.11 bits per heavy atom. The maximum atomic E-state index is 12.7. The highest BCUT2D eigenvalue weighted by Crippen LogP contribution is 2.37. The van der Waals surface area contributed by atoms with Crippen molar-refractivity contribution in [3.8, 4) is 10.8 Å². The summed E-state index contributed by atoms with van der Waals surface area (Å²) in [6.45, 7) is 5.16. The van der Waals surface area contributed by atoms with Gasteiger partial charge >= 0.3 is 0 Å². The van der Waals surface area contributed by atoms with Gasteiger partial charge < -0.3 is 9.32 Å². The fourth-order valence-corrected chi connectivity index (χ4v) is 6.20. The van der Waals surface area contributed by atoms with Crippen molar-refractivity contribution in [1.29, 1.82) is 0 Å². The fourth-order valence-electron chi connectivity index (χ4n) is 4.42. The molecule has 2 aliphatic carbocycles. The smallest absolute Gasteiger partial charge is 0.277 e. The van der Waals surface area contributed by atoms with Gasteiger partial charge in [-0.15, -0.1) is 21.5 Å². The molecule has 0 unspecified atom stereocenters. The van der Waals surface area contributed by atoms with Crippen LogP contribution in [0.2, 0.25) is 0 Å². The van der Waals surface area contributed by atoms with E-state index >= 15 is 0 Å². The number of amides is 1. The zero-order valence-corrected chi connectivity index (χ0v) is 18.4. The van der Waals surface area contributed by atoms with Gasteiger partial charge in [-0.3, -0.25) is 4.79 Å². The summed E-state index contributed by atoms with van der Waals surface area (Å²) in [6, 6.07) is 2.62. The van der Waals surface area contributed by atoms with Crippen molar-refractivity contribution >= 4 is 29.0 Å². The van der Waals surface area contributed by atoms with Crippen molar-refractivity contribution in [2.75, 3.05) is 12.3 Å². The standard InChI is InChI=1S/C21H29N3O2S2/c1-3-24(16-7-5-4-6-8-16)19(25)13-27-21-23-22-20(26-21)18-12-15-11-14(2)9-10-17(15)28-18/h12,14,16H,3-11,13H2,1-2H3/t14-/m1/s1. The van der Waals surface area contributed by atoms with E-state index in [2.05, 4.69) is 30.1 Å². The van der Waals surface area contributed by atoms with Crippen LogP contribution in [0.4, 0.5) is 0 Å². The molecule has 2 heterocycles. The van der Waals surface area contributed by atoms with Crippen LogP contribution in [0.1, 0.15) is 62.8 Å². The van der Waals surface area contributed by atoms with Crippen LogP contribution in [0.15, 0.2) is 15.7 Å². The lowest BCUT2D eigenvalue weighted by Crippen LogP contribution is -2.42. The Labute approximate surface area is 175 Å². The van der Waals surface area contributed by atoms with E-state index in [1.54, 1.807) is 11.3 Å². The molecule has 4 rings (SSSR count).